The quantitative estimate of drug-likeness (QED) is 0.332. The van der Waals surface area contributed by atoms with Crippen LogP contribution in [0.2, 0.25) is 5.02 Å². The summed E-state index contributed by atoms with van der Waals surface area (Å²) in [5.74, 6) is -3.55. The number of amides is 4. The Labute approximate surface area is 250 Å². The van der Waals surface area contributed by atoms with E-state index in [9.17, 15) is 28.3 Å². The van der Waals surface area contributed by atoms with Crippen LogP contribution in [0.1, 0.15) is 21.0 Å². The van der Waals surface area contributed by atoms with Crippen molar-refractivity contribution in [1.82, 2.24) is 30.0 Å². The number of β-amino-alcohol motifs (C(OH)–C–C–N with tert-alkyl or cyclic N) is 1. The van der Waals surface area contributed by atoms with E-state index in [-0.39, 0.29) is 51.4 Å². The summed E-state index contributed by atoms with van der Waals surface area (Å²) in [6.07, 6.45) is 0.616. The Hall–Kier alpha value is -4.27. The summed E-state index contributed by atoms with van der Waals surface area (Å²) in [7, 11) is 2.72. The number of nitrogens with one attached hydrogen (secondary N) is 3. The summed E-state index contributed by atoms with van der Waals surface area (Å²) >= 11 is 6.42. The predicted octanol–water partition coefficient (Wildman–Crippen LogP) is 2.08. The molecule has 2 fully saturated rings. The van der Waals surface area contributed by atoms with Crippen molar-refractivity contribution in [2.45, 2.75) is 12.1 Å². The van der Waals surface area contributed by atoms with Gasteiger partial charge in [-0.15, -0.1) is 0 Å². The molecule has 0 aliphatic carbocycles. The highest BCUT2D eigenvalue weighted by Crippen LogP contribution is 2.30. The van der Waals surface area contributed by atoms with E-state index < -0.39 is 23.6 Å². The van der Waals surface area contributed by atoms with E-state index in [1.165, 1.54) is 55.3 Å². The van der Waals surface area contributed by atoms with Crippen LogP contribution in [0.25, 0.3) is 11.3 Å². The van der Waals surface area contributed by atoms with Crippen LogP contribution >= 0.6 is 11.6 Å². The van der Waals surface area contributed by atoms with E-state index in [4.69, 9.17) is 16.3 Å². The van der Waals surface area contributed by atoms with Gasteiger partial charge >= 0.3 is 6.03 Å². The molecule has 5 rings (SSSR count). The van der Waals surface area contributed by atoms with Crippen LogP contribution in [0.15, 0.2) is 36.5 Å². The number of piperazine rings is 1. The molecule has 0 unspecified atom stereocenters. The van der Waals surface area contributed by atoms with Crippen LogP contribution in [0.5, 0.6) is 5.75 Å². The molecule has 0 spiro atoms. The smallest absolute Gasteiger partial charge is 0.317 e. The topological polar surface area (TPSA) is 141 Å². The number of methoxy groups -OCH3 is 1. The molecule has 2 aromatic carbocycles. The lowest BCUT2D eigenvalue weighted by molar-refractivity contribution is 0.0660. The third kappa shape index (κ3) is 6.12. The number of nitrogens with zero attached hydrogens (tertiary/aromatic N) is 4. The number of imidazole rings is 1. The summed E-state index contributed by atoms with van der Waals surface area (Å²) in [6, 6.07) is 6.41. The zero-order valence-electron chi connectivity index (χ0n) is 23.4. The number of benzene rings is 2. The van der Waals surface area contributed by atoms with Gasteiger partial charge in [-0.25, -0.2) is 14.2 Å². The van der Waals surface area contributed by atoms with Crippen molar-refractivity contribution in [2.24, 2.45) is 7.05 Å². The van der Waals surface area contributed by atoms with Crippen LogP contribution in [0.4, 0.5) is 19.3 Å². The maximum absolute atomic E-state index is 14.6. The van der Waals surface area contributed by atoms with Gasteiger partial charge in [-0.05, 0) is 30.3 Å². The Morgan fingerprint density at radius 3 is 2.44 bits per heavy atom. The van der Waals surface area contributed by atoms with Gasteiger partial charge in [0.1, 0.15) is 0 Å². The molecular weight excluding hydrogens is 588 g/mol. The molecule has 3 heterocycles. The second kappa shape index (κ2) is 12.5. The number of ether oxygens (including phenoxy) is 1. The van der Waals surface area contributed by atoms with Crippen LogP contribution < -0.4 is 20.7 Å². The highest BCUT2D eigenvalue weighted by molar-refractivity contribution is 6.34. The normalized spacial score (nSPS) is 18.5. The summed E-state index contributed by atoms with van der Waals surface area (Å²) < 4.78 is 35.0. The number of hydrogen-bond donors (Lipinski definition) is 4. The maximum atomic E-state index is 14.6. The number of carbonyl (C=O) groups excluding carboxylic acids is 3. The van der Waals surface area contributed by atoms with E-state index in [1.54, 1.807) is 9.80 Å². The van der Waals surface area contributed by atoms with Crippen molar-refractivity contribution in [3.8, 4) is 17.0 Å². The number of anilines is 1. The minimum atomic E-state index is -1.15. The van der Waals surface area contributed by atoms with Crippen molar-refractivity contribution >= 4 is 35.1 Å². The number of halogens is 3. The van der Waals surface area contributed by atoms with Gasteiger partial charge in [-0.3, -0.25) is 9.59 Å². The van der Waals surface area contributed by atoms with Crippen LogP contribution in [-0.2, 0) is 7.05 Å². The Bertz CT molecular complexity index is 1560. The average molecular weight is 618 g/mol. The van der Waals surface area contributed by atoms with Gasteiger partial charge in [0.05, 0.1) is 41.7 Å². The lowest BCUT2D eigenvalue weighted by Gasteiger charge is -2.35. The number of hydrogen-bond acceptors (Lipinski definition) is 7. The molecule has 12 nitrogen and oxygen atoms in total. The number of aliphatic hydroxyl groups excluding tert-OH is 1. The molecule has 0 bridgehead atoms. The lowest BCUT2D eigenvalue weighted by Crippen LogP contribution is -2.56. The predicted molar refractivity (Wildman–Crippen MR) is 153 cm³/mol. The zero-order valence-corrected chi connectivity index (χ0v) is 24.1. The monoisotopic (exact) mass is 617 g/mol. The summed E-state index contributed by atoms with van der Waals surface area (Å²) in [4.78, 5) is 45.9. The molecule has 2 aliphatic heterocycles. The minimum absolute atomic E-state index is 0.0671. The molecule has 3 aromatic rings. The number of carbonyl (C=O) groups is 3. The Balaban J connectivity index is 1.20. The minimum Gasteiger partial charge on any atom is -0.494 e. The molecule has 4 N–H and O–H groups in total. The van der Waals surface area contributed by atoms with Gasteiger partial charge in [-0.2, -0.15) is 4.39 Å². The molecule has 2 saturated heterocycles. The molecule has 1 aromatic heterocycles. The largest absolute Gasteiger partial charge is 0.494 e. The van der Waals surface area contributed by atoms with Crippen molar-refractivity contribution in [3.63, 3.8) is 0 Å². The Kier molecular flexibility index (Phi) is 8.80. The second-order valence-corrected chi connectivity index (χ2v) is 10.6. The molecule has 228 valence electrons. The lowest BCUT2D eigenvalue weighted by atomic mass is 10.1. The molecule has 4 amide bonds. The number of urea groups is 1. The van der Waals surface area contributed by atoms with E-state index in [1.807, 2.05) is 0 Å². The molecule has 2 aliphatic rings. The molecular formula is C28H30ClF2N7O5. The van der Waals surface area contributed by atoms with Crippen LogP contribution in [-0.4, -0.2) is 101 Å². The third-order valence-electron chi connectivity index (χ3n) is 7.54. The maximum Gasteiger partial charge on any atom is 0.317 e. The highest BCUT2D eigenvalue weighted by Gasteiger charge is 2.31. The standard InChI is InChI=1S/C28H30ClF2N7O5/c1-36-20(17-5-6-22(43-2)24(31)23(17)30)13-33-25(36)26(40)34-15-3-4-16(18(29)11-15)27(41)37-7-9-38(10-8-37)28(42)35-19-12-32-14-21(19)39/h3-6,11,13,19,21,32,39H,7-10,12,14H2,1-2H3,(H,34,40)(H,35,42)/t19-,21-/m1/s1. The first-order valence-corrected chi connectivity index (χ1v) is 13.8. The van der Waals surface area contributed by atoms with Crippen LogP contribution in [0.3, 0.4) is 0 Å². The number of rotatable bonds is 6. The number of aromatic nitrogens is 2. The van der Waals surface area contributed by atoms with Gasteiger partial charge in [0.15, 0.2) is 17.4 Å². The SMILES string of the molecule is COc1ccc(-c2cnc(C(=O)Nc3ccc(C(=O)N4CCN(C(=O)N[C@@H]5CNC[C@H]5O)CC4)c(Cl)c3)n2C)c(F)c1F. The second-order valence-electron chi connectivity index (χ2n) is 10.2. The number of aliphatic hydroxyl groups is 1. The molecule has 43 heavy (non-hydrogen) atoms. The fourth-order valence-corrected chi connectivity index (χ4v) is 5.32. The van der Waals surface area contributed by atoms with E-state index in [0.717, 1.165) is 0 Å². The van der Waals surface area contributed by atoms with Gasteiger partial charge in [-0.1, -0.05) is 11.6 Å². The Morgan fingerprint density at radius 1 is 1.07 bits per heavy atom. The van der Waals surface area contributed by atoms with Gasteiger partial charge < -0.3 is 40.2 Å². The zero-order chi connectivity index (χ0) is 30.8. The third-order valence-corrected chi connectivity index (χ3v) is 7.85. The fraction of sp³-hybridized carbons (Fsp3) is 0.357. The molecule has 15 heteroatoms. The summed E-state index contributed by atoms with van der Waals surface area (Å²) in [5.41, 5.74) is 0.607. The first kappa shape index (κ1) is 30.2. The molecule has 0 radical (unpaired) electrons. The van der Waals surface area contributed by atoms with Gasteiger partial charge in [0, 0.05) is 57.6 Å². The van der Waals surface area contributed by atoms with E-state index in [2.05, 4.69) is 20.9 Å². The van der Waals surface area contributed by atoms with Gasteiger partial charge in [0.2, 0.25) is 5.82 Å². The highest BCUT2D eigenvalue weighted by atomic mass is 35.5. The first-order valence-electron chi connectivity index (χ1n) is 13.5. The van der Waals surface area contributed by atoms with Crippen molar-refractivity contribution in [3.05, 3.63) is 64.6 Å². The summed E-state index contributed by atoms with van der Waals surface area (Å²) in [6.45, 7) is 2.15. The van der Waals surface area contributed by atoms with Crippen LogP contribution in [0, 0.1) is 11.6 Å². The fourth-order valence-electron chi connectivity index (χ4n) is 5.06. The summed E-state index contributed by atoms with van der Waals surface area (Å²) in [5, 5.41) is 18.5. The van der Waals surface area contributed by atoms with Crippen molar-refractivity contribution < 1.29 is 33.0 Å². The van der Waals surface area contributed by atoms with Gasteiger partial charge in [0.25, 0.3) is 11.8 Å². The Morgan fingerprint density at radius 2 is 1.79 bits per heavy atom. The van der Waals surface area contributed by atoms with E-state index in [0.29, 0.717) is 45.0 Å². The van der Waals surface area contributed by atoms with Crippen molar-refractivity contribution in [2.75, 3.05) is 51.7 Å². The molecule has 0 saturated carbocycles. The molecule has 2 atom stereocenters. The first-order chi connectivity index (χ1) is 20.6. The average Bonchev–Trinajstić information content (AvgIpc) is 3.58. The van der Waals surface area contributed by atoms with E-state index >= 15 is 0 Å². The van der Waals surface area contributed by atoms with Crippen molar-refractivity contribution in [1.29, 1.82) is 0 Å².